The van der Waals surface area contributed by atoms with Crippen LogP contribution in [0.2, 0.25) is 0 Å². The standard InChI is InChI=1S/C18H20FN3O2/c1-13-10-14(2-4-16(13)19)11-21-18(23)15-3-5-17(20-12-15)22-6-8-24-9-7-22/h2-5,10,12H,6-9,11H2,1H3,(H,21,23). The molecule has 1 aromatic heterocycles. The number of hydrogen-bond acceptors (Lipinski definition) is 4. The highest BCUT2D eigenvalue weighted by Crippen LogP contribution is 2.13. The summed E-state index contributed by atoms with van der Waals surface area (Å²) in [5.74, 6) is 0.412. The van der Waals surface area contributed by atoms with Crippen LogP contribution in [0.15, 0.2) is 36.5 Å². The van der Waals surface area contributed by atoms with E-state index in [1.807, 2.05) is 6.07 Å². The number of ether oxygens (including phenoxy) is 1. The lowest BCUT2D eigenvalue weighted by Crippen LogP contribution is -2.36. The molecule has 2 heterocycles. The van der Waals surface area contributed by atoms with Crippen molar-refractivity contribution in [1.29, 1.82) is 0 Å². The van der Waals surface area contributed by atoms with Crippen molar-refractivity contribution in [2.24, 2.45) is 0 Å². The van der Waals surface area contributed by atoms with Gasteiger partial charge in [0.15, 0.2) is 0 Å². The Morgan fingerprint density at radius 3 is 2.75 bits per heavy atom. The van der Waals surface area contributed by atoms with Crippen LogP contribution < -0.4 is 10.2 Å². The molecule has 0 spiro atoms. The van der Waals surface area contributed by atoms with Crippen LogP contribution in [0.4, 0.5) is 10.2 Å². The van der Waals surface area contributed by atoms with E-state index >= 15 is 0 Å². The number of carbonyl (C=O) groups is 1. The molecule has 0 atom stereocenters. The Balaban J connectivity index is 1.59. The van der Waals surface area contributed by atoms with Gasteiger partial charge in [0, 0.05) is 25.8 Å². The zero-order valence-corrected chi connectivity index (χ0v) is 13.6. The zero-order valence-electron chi connectivity index (χ0n) is 13.6. The van der Waals surface area contributed by atoms with Gasteiger partial charge < -0.3 is 15.0 Å². The normalized spacial score (nSPS) is 14.5. The monoisotopic (exact) mass is 329 g/mol. The molecule has 1 aromatic carbocycles. The van der Waals surface area contributed by atoms with Crippen molar-refractivity contribution in [1.82, 2.24) is 10.3 Å². The Kier molecular flexibility index (Phi) is 5.05. The van der Waals surface area contributed by atoms with E-state index in [1.54, 1.807) is 31.3 Å². The van der Waals surface area contributed by atoms with Crippen molar-refractivity contribution >= 4 is 11.7 Å². The molecule has 0 bridgehead atoms. The molecule has 1 amide bonds. The van der Waals surface area contributed by atoms with Crippen molar-refractivity contribution in [3.8, 4) is 0 Å². The Bertz CT molecular complexity index is 713. The smallest absolute Gasteiger partial charge is 0.253 e. The first-order valence-electron chi connectivity index (χ1n) is 7.95. The Hall–Kier alpha value is -2.47. The maximum Gasteiger partial charge on any atom is 0.253 e. The maximum atomic E-state index is 13.2. The molecule has 1 aliphatic heterocycles. The summed E-state index contributed by atoms with van der Waals surface area (Å²) < 4.78 is 18.6. The number of morpholine rings is 1. The average molecular weight is 329 g/mol. The zero-order chi connectivity index (χ0) is 16.9. The van der Waals surface area contributed by atoms with Gasteiger partial charge in [-0.1, -0.05) is 12.1 Å². The van der Waals surface area contributed by atoms with E-state index in [4.69, 9.17) is 4.74 Å². The second-order valence-electron chi connectivity index (χ2n) is 5.77. The Morgan fingerprint density at radius 2 is 2.08 bits per heavy atom. The van der Waals surface area contributed by atoms with E-state index in [0.717, 1.165) is 24.5 Å². The van der Waals surface area contributed by atoms with Gasteiger partial charge in [0.2, 0.25) is 0 Å². The summed E-state index contributed by atoms with van der Waals surface area (Å²) in [5, 5.41) is 2.83. The van der Waals surface area contributed by atoms with E-state index in [9.17, 15) is 9.18 Å². The number of nitrogens with zero attached hydrogens (tertiary/aromatic N) is 2. The number of hydrogen-bond donors (Lipinski definition) is 1. The van der Waals surface area contributed by atoms with Crippen LogP contribution in [0, 0.1) is 12.7 Å². The highest BCUT2D eigenvalue weighted by atomic mass is 19.1. The van der Waals surface area contributed by atoms with E-state index in [-0.39, 0.29) is 11.7 Å². The van der Waals surface area contributed by atoms with Gasteiger partial charge in [-0.2, -0.15) is 0 Å². The molecule has 24 heavy (non-hydrogen) atoms. The first-order valence-corrected chi connectivity index (χ1v) is 7.95. The fraction of sp³-hybridized carbons (Fsp3) is 0.333. The van der Waals surface area contributed by atoms with Gasteiger partial charge >= 0.3 is 0 Å². The molecule has 0 radical (unpaired) electrons. The third-order valence-electron chi connectivity index (χ3n) is 4.02. The van der Waals surface area contributed by atoms with Gasteiger partial charge in [-0.25, -0.2) is 9.37 Å². The van der Waals surface area contributed by atoms with Gasteiger partial charge in [0.25, 0.3) is 5.91 Å². The Morgan fingerprint density at radius 1 is 1.29 bits per heavy atom. The quantitative estimate of drug-likeness (QED) is 0.935. The molecular formula is C18H20FN3O2. The number of nitrogens with one attached hydrogen (secondary N) is 1. The molecule has 1 N–H and O–H groups in total. The van der Waals surface area contributed by atoms with Gasteiger partial charge in [-0.15, -0.1) is 0 Å². The molecule has 6 heteroatoms. The van der Waals surface area contributed by atoms with Gasteiger partial charge in [-0.05, 0) is 36.2 Å². The van der Waals surface area contributed by atoms with Crippen molar-refractivity contribution in [3.63, 3.8) is 0 Å². The molecule has 2 aromatic rings. The summed E-state index contributed by atoms with van der Waals surface area (Å²) in [6.45, 7) is 5.06. The SMILES string of the molecule is Cc1cc(CNC(=O)c2ccc(N3CCOCC3)nc2)ccc1F. The second-order valence-corrected chi connectivity index (χ2v) is 5.77. The summed E-state index contributed by atoms with van der Waals surface area (Å²) in [4.78, 5) is 18.7. The van der Waals surface area contributed by atoms with E-state index < -0.39 is 0 Å². The first kappa shape index (κ1) is 16.4. The lowest BCUT2D eigenvalue weighted by atomic mass is 10.1. The molecule has 0 aliphatic carbocycles. The predicted octanol–water partition coefficient (Wildman–Crippen LogP) is 2.30. The fourth-order valence-electron chi connectivity index (χ4n) is 2.60. The molecule has 1 aliphatic rings. The minimum atomic E-state index is -0.243. The largest absolute Gasteiger partial charge is 0.378 e. The van der Waals surface area contributed by atoms with Crippen LogP contribution in [0.1, 0.15) is 21.5 Å². The van der Waals surface area contributed by atoms with Crippen LogP contribution in [-0.2, 0) is 11.3 Å². The molecule has 5 nitrogen and oxygen atoms in total. The van der Waals surface area contributed by atoms with E-state index in [2.05, 4.69) is 15.2 Å². The van der Waals surface area contributed by atoms with Crippen LogP contribution in [0.3, 0.4) is 0 Å². The summed E-state index contributed by atoms with van der Waals surface area (Å²) in [5.41, 5.74) is 1.93. The minimum Gasteiger partial charge on any atom is -0.378 e. The topological polar surface area (TPSA) is 54.5 Å². The average Bonchev–Trinajstić information content (AvgIpc) is 2.63. The van der Waals surface area contributed by atoms with Crippen molar-refractivity contribution in [3.05, 3.63) is 59.0 Å². The van der Waals surface area contributed by atoms with Crippen molar-refractivity contribution in [2.75, 3.05) is 31.2 Å². The lowest BCUT2D eigenvalue weighted by molar-refractivity contribution is 0.0950. The predicted molar refractivity (Wildman–Crippen MR) is 89.6 cm³/mol. The number of pyridine rings is 1. The molecule has 126 valence electrons. The fourth-order valence-corrected chi connectivity index (χ4v) is 2.60. The summed E-state index contributed by atoms with van der Waals surface area (Å²) in [7, 11) is 0. The number of carbonyl (C=O) groups excluding carboxylic acids is 1. The molecule has 1 fully saturated rings. The van der Waals surface area contributed by atoms with E-state index in [0.29, 0.717) is 30.9 Å². The number of halogens is 1. The van der Waals surface area contributed by atoms with Crippen molar-refractivity contribution in [2.45, 2.75) is 13.5 Å². The lowest BCUT2D eigenvalue weighted by Gasteiger charge is -2.27. The van der Waals surface area contributed by atoms with Crippen LogP contribution in [-0.4, -0.2) is 37.2 Å². The van der Waals surface area contributed by atoms with E-state index in [1.165, 1.54) is 6.07 Å². The highest BCUT2D eigenvalue weighted by Gasteiger charge is 2.13. The van der Waals surface area contributed by atoms with Gasteiger partial charge in [-0.3, -0.25) is 4.79 Å². The highest BCUT2D eigenvalue weighted by molar-refractivity contribution is 5.94. The third kappa shape index (κ3) is 3.89. The second kappa shape index (κ2) is 7.40. The number of aromatic nitrogens is 1. The summed E-state index contributed by atoms with van der Waals surface area (Å²) in [6, 6.07) is 8.43. The van der Waals surface area contributed by atoms with Gasteiger partial charge in [0.05, 0.1) is 18.8 Å². The molecule has 3 rings (SSSR count). The molecule has 0 unspecified atom stereocenters. The molecular weight excluding hydrogens is 309 g/mol. The van der Waals surface area contributed by atoms with Gasteiger partial charge in [0.1, 0.15) is 11.6 Å². The number of rotatable bonds is 4. The summed E-state index contributed by atoms with van der Waals surface area (Å²) in [6.07, 6.45) is 1.58. The first-order chi connectivity index (χ1) is 11.6. The van der Waals surface area contributed by atoms with Crippen LogP contribution in [0.5, 0.6) is 0 Å². The third-order valence-corrected chi connectivity index (χ3v) is 4.02. The maximum absolute atomic E-state index is 13.2. The van der Waals surface area contributed by atoms with Crippen LogP contribution in [0.25, 0.3) is 0 Å². The molecule has 0 saturated carbocycles. The Labute approximate surface area is 140 Å². The van der Waals surface area contributed by atoms with Crippen molar-refractivity contribution < 1.29 is 13.9 Å². The minimum absolute atomic E-state index is 0.196. The number of aryl methyl sites for hydroxylation is 1. The summed E-state index contributed by atoms with van der Waals surface area (Å²) >= 11 is 0. The molecule has 1 saturated heterocycles. The number of benzene rings is 1. The van der Waals surface area contributed by atoms with Crippen LogP contribution >= 0.6 is 0 Å². The number of anilines is 1. The number of amides is 1.